The van der Waals surface area contributed by atoms with E-state index in [1.165, 1.54) is 0 Å². The van der Waals surface area contributed by atoms with Crippen LogP contribution in [-0.4, -0.2) is 37.9 Å². The van der Waals surface area contributed by atoms with Crippen LogP contribution in [0, 0.1) is 64.7 Å². The smallest absolute Gasteiger partial charge is 0.0689 e. The van der Waals surface area contributed by atoms with Crippen LogP contribution in [0.3, 0.4) is 0 Å². The summed E-state index contributed by atoms with van der Waals surface area (Å²) in [5.74, 6) is 0. The first-order valence-corrected chi connectivity index (χ1v) is 0.548. The molecule has 11 heteroatoms. The van der Waals surface area contributed by atoms with E-state index in [9.17, 15) is 0 Å². The summed E-state index contributed by atoms with van der Waals surface area (Å²) in [5.41, 5.74) is 0. The summed E-state index contributed by atoms with van der Waals surface area (Å²) in [6.45, 7) is 0. The molecule has 0 aliphatic carbocycles. The van der Waals surface area contributed by atoms with Crippen LogP contribution in [0.5, 0.6) is 0 Å². The molecule has 0 fully saturated rings. The van der Waals surface area contributed by atoms with Crippen molar-refractivity contribution in [2.75, 3.05) is 0 Å². The van der Waals surface area contributed by atoms with Crippen molar-refractivity contribution in [3.63, 3.8) is 0 Å². The molecule has 0 saturated heterocycles. The van der Waals surface area contributed by atoms with Crippen molar-refractivity contribution in [3.05, 3.63) is 15.3 Å². The molecule has 0 aromatic carbocycles. The molecule has 1 radical (unpaired) electrons. The zero-order valence-corrected chi connectivity index (χ0v) is 7.48. The summed E-state index contributed by atoms with van der Waals surface area (Å²) in [7, 11) is 0. The number of hydrogen-bond donors (Lipinski definition) is 0. The second-order valence-electron chi connectivity index (χ2n) is 0.224. The van der Waals surface area contributed by atoms with E-state index < -0.39 is 5.09 Å². The van der Waals surface area contributed by atoms with Crippen molar-refractivity contribution >= 4 is 0 Å². The third kappa shape index (κ3) is 2600. The number of nitrogens with zero attached hydrogens (tertiary/aromatic N) is 1. The molecule has 0 amide bonds. The maximum atomic E-state index is 8.25. The third-order valence-corrected chi connectivity index (χ3v) is 0. The Kier molecular flexibility index (Phi) is 710. The van der Waals surface area contributed by atoms with Crippen LogP contribution in [0.15, 0.2) is 0 Å². The summed E-state index contributed by atoms with van der Waals surface area (Å²) in [5, 5.41) is 14.8. The van der Waals surface area contributed by atoms with E-state index in [0.717, 1.165) is 0 Å². The second kappa shape index (κ2) is 76.5. The zero-order valence-electron chi connectivity index (χ0n) is 5.05. The van der Waals surface area contributed by atoms with Gasteiger partial charge in [-0.05, 0) is 0 Å². The number of rotatable bonds is 0. The van der Waals surface area contributed by atoms with E-state index in [1.807, 2.05) is 0 Å². The van der Waals surface area contributed by atoms with E-state index in [4.69, 9.17) is 15.3 Å². The maximum Gasteiger partial charge on any atom is 0.0689 e. The van der Waals surface area contributed by atoms with Gasteiger partial charge in [-0.2, -0.15) is 0 Å². The quantitative estimate of drug-likeness (QED) is 0.313. The molecule has 79 valence electrons. The first kappa shape index (κ1) is 102. The van der Waals surface area contributed by atoms with Crippen LogP contribution < -0.4 is 0 Å². The molecule has 0 spiro atoms. The fourth-order valence-corrected chi connectivity index (χ4v) is 0. The molecular weight excluding hydrogens is 310 g/mol. The number of hydrogen-bond acceptors (Lipinski definition) is 3. The predicted octanol–water partition coefficient (Wildman–Crippen LogP) is -5.19. The molecule has 0 rings (SSSR count). The standard InChI is InChI=1S/Eu.NO3.6H2O/c;2-1(3)4;;;;;;/h;;6*1H2/q;-1;;;;;;. The van der Waals surface area contributed by atoms with E-state index >= 15 is 0 Å². The van der Waals surface area contributed by atoms with Gasteiger partial charge in [0.1, 0.15) is 0 Å². The minimum atomic E-state index is -1.75. The van der Waals surface area contributed by atoms with Crippen LogP contribution in [-0.2, 0) is 0 Å². The molecule has 0 aliphatic rings. The van der Waals surface area contributed by atoms with Crippen LogP contribution in [0.4, 0.5) is 0 Å². The van der Waals surface area contributed by atoms with Crippen LogP contribution in [0.2, 0.25) is 0 Å². The fourth-order valence-electron chi connectivity index (χ4n) is 0. The molecule has 0 saturated carbocycles. The van der Waals surface area contributed by atoms with Crippen molar-refractivity contribution < 1.29 is 87.3 Å². The molecular formula is H12EuNO9-. The van der Waals surface area contributed by atoms with Gasteiger partial charge in [0.15, 0.2) is 0 Å². The van der Waals surface area contributed by atoms with Gasteiger partial charge in [-0.1, -0.05) is 0 Å². The maximum absolute atomic E-state index is 8.25. The summed E-state index contributed by atoms with van der Waals surface area (Å²) in [6.07, 6.45) is 0. The van der Waals surface area contributed by atoms with Gasteiger partial charge >= 0.3 is 0 Å². The van der Waals surface area contributed by atoms with Crippen molar-refractivity contribution in [3.8, 4) is 0 Å². The van der Waals surface area contributed by atoms with Gasteiger partial charge in [0.05, 0.1) is 5.09 Å². The molecule has 0 aromatic rings. The Bertz CT molecular complexity index is 32.5. The minimum Gasteiger partial charge on any atom is -0.412 e. The van der Waals surface area contributed by atoms with Gasteiger partial charge in [0.2, 0.25) is 0 Å². The molecule has 0 bridgehead atoms. The molecule has 0 aliphatic heterocycles. The average molecular weight is 322 g/mol. The summed E-state index contributed by atoms with van der Waals surface area (Å²) in [6, 6.07) is 0. The van der Waals surface area contributed by atoms with E-state index in [2.05, 4.69) is 0 Å². The van der Waals surface area contributed by atoms with Gasteiger partial charge in [-0.25, -0.2) is 0 Å². The summed E-state index contributed by atoms with van der Waals surface area (Å²) < 4.78 is 0. The van der Waals surface area contributed by atoms with Crippen molar-refractivity contribution in [1.82, 2.24) is 0 Å². The topological polar surface area (TPSA) is 255 Å². The Morgan fingerprint density at radius 3 is 0.727 bits per heavy atom. The van der Waals surface area contributed by atoms with Gasteiger partial charge in [0, 0.05) is 49.4 Å². The Hall–Kier alpha value is 0.544. The van der Waals surface area contributed by atoms with Crippen LogP contribution >= 0.6 is 0 Å². The second-order valence-corrected chi connectivity index (χ2v) is 0.224. The van der Waals surface area contributed by atoms with Gasteiger partial charge in [-0.3, -0.25) is 0 Å². The molecule has 10 nitrogen and oxygen atoms in total. The Morgan fingerprint density at radius 2 is 0.727 bits per heavy atom. The monoisotopic (exact) mass is 323 g/mol. The van der Waals surface area contributed by atoms with E-state index in [1.54, 1.807) is 0 Å². The molecule has 0 atom stereocenters. The SMILES string of the molecule is O.O.O.O.O.O.O=[N+]([O-])[O-].[Eu]. The Balaban J connectivity index is -0.00000000214. The van der Waals surface area contributed by atoms with Gasteiger partial charge in [0.25, 0.3) is 0 Å². The molecule has 11 heavy (non-hydrogen) atoms. The minimum absolute atomic E-state index is 0. The van der Waals surface area contributed by atoms with Crippen LogP contribution in [0.25, 0.3) is 0 Å². The van der Waals surface area contributed by atoms with Crippen molar-refractivity contribution in [1.29, 1.82) is 0 Å². The Morgan fingerprint density at radius 1 is 0.727 bits per heavy atom. The largest absolute Gasteiger partial charge is 0.412 e. The first-order chi connectivity index (χ1) is 1.73. The third-order valence-electron chi connectivity index (χ3n) is 0. The average Bonchev–Trinajstić information content (AvgIpc) is 0.811. The molecule has 0 aromatic heterocycles. The molecule has 12 N–H and O–H groups in total. The summed E-state index contributed by atoms with van der Waals surface area (Å²) in [4.78, 5) is 8.25. The first-order valence-electron chi connectivity index (χ1n) is 0.548. The molecule has 0 unspecified atom stereocenters. The zero-order chi connectivity index (χ0) is 3.58. The predicted molar refractivity (Wildman–Crippen MR) is 32.0 cm³/mol. The summed E-state index contributed by atoms with van der Waals surface area (Å²) >= 11 is 0. The molecule has 0 heterocycles. The van der Waals surface area contributed by atoms with E-state index in [0.29, 0.717) is 0 Å². The van der Waals surface area contributed by atoms with Gasteiger partial charge in [-0.15, -0.1) is 0 Å². The van der Waals surface area contributed by atoms with E-state index in [-0.39, 0.29) is 82.2 Å². The van der Waals surface area contributed by atoms with Crippen LogP contribution in [0.1, 0.15) is 0 Å². The van der Waals surface area contributed by atoms with Gasteiger partial charge < -0.3 is 48.2 Å². The normalized spacial score (nSPS) is 2.18. The Labute approximate surface area is 102 Å². The van der Waals surface area contributed by atoms with Crippen molar-refractivity contribution in [2.45, 2.75) is 0 Å². The fraction of sp³-hybridized carbons (Fsp3) is 0. The van der Waals surface area contributed by atoms with Crippen molar-refractivity contribution in [2.24, 2.45) is 0 Å².